The highest BCUT2D eigenvalue weighted by molar-refractivity contribution is 5.94. The maximum Gasteiger partial charge on any atom is 0.191 e. The number of carbonyl (C=O) groups excluding carboxylic acids is 1. The van der Waals surface area contributed by atoms with Crippen LogP contribution in [0, 0.1) is 5.92 Å². The Morgan fingerprint density at radius 2 is 2.06 bits per heavy atom. The van der Waals surface area contributed by atoms with Crippen LogP contribution < -0.4 is 5.73 Å². The zero-order valence-corrected chi connectivity index (χ0v) is 20.7. The van der Waals surface area contributed by atoms with Crippen molar-refractivity contribution in [2.24, 2.45) is 11.7 Å². The van der Waals surface area contributed by atoms with Crippen molar-refractivity contribution in [3.05, 3.63) is 47.1 Å². The standard InChI is InChI=1S/C27H38N2O6/c1-18(30)20-5-3-10-27(16-20,33-2)34-14-4-11-29-12-8-19(9-13-29)24-15-22-21(25(17-28)35-24)6-7-23(31)26(22)32/h3,5-7,10,19,24-25,31-32H,4,8-9,11-17,28H2,1-2H3/t24-,25-,27?/m0/s1. The molecule has 2 aliphatic heterocycles. The number of rotatable bonds is 9. The van der Waals surface area contributed by atoms with Gasteiger partial charge in [0.15, 0.2) is 23.1 Å². The number of hydrogen-bond donors (Lipinski definition) is 3. The molecular formula is C27H38N2O6. The third-order valence-electron chi connectivity index (χ3n) is 7.61. The summed E-state index contributed by atoms with van der Waals surface area (Å²) in [6.45, 7) is 5.34. The van der Waals surface area contributed by atoms with Crippen LogP contribution in [0.4, 0.5) is 0 Å². The first-order chi connectivity index (χ1) is 16.9. The van der Waals surface area contributed by atoms with Crippen LogP contribution in [0.2, 0.25) is 0 Å². The number of hydrogen-bond acceptors (Lipinski definition) is 8. The number of nitrogens with zero attached hydrogens (tertiary/aromatic N) is 1. The van der Waals surface area contributed by atoms with Gasteiger partial charge in [-0.05, 0) is 62.9 Å². The number of likely N-dealkylation sites (tertiary alicyclic amines) is 1. The van der Waals surface area contributed by atoms with E-state index in [0.717, 1.165) is 50.0 Å². The number of methoxy groups -OCH3 is 1. The molecular weight excluding hydrogens is 448 g/mol. The van der Waals surface area contributed by atoms with Gasteiger partial charge in [-0.2, -0.15) is 0 Å². The van der Waals surface area contributed by atoms with E-state index in [0.29, 0.717) is 37.5 Å². The molecule has 0 amide bonds. The van der Waals surface area contributed by atoms with E-state index in [9.17, 15) is 15.0 Å². The van der Waals surface area contributed by atoms with Gasteiger partial charge in [-0.15, -0.1) is 0 Å². The topological polar surface area (TPSA) is 114 Å². The molecule has 0 aromatic heterocycles. The minimum absolute atomic E-state index is 0.0163. The van der Waals surface area contributed by atoms with Crippen LogP contribution in [0.3, 0.4) is 0 Å². The highest BCUT2D eigenvalue weighted by Gasteiger charge is 2.36. The molecule has 0 saturated carbocycles. The number of nitrogens with two attached hydrogens (primary N) is 1. The number of phenolic OH excluding ortho intramolecular Hbond substituents is 2. The SMILES string of the molecule is COC1(OCCCN2CCC([C@@H]3Cc4c(ccc(O)c4O)[C@H](CN)O3)CC2)C=CC=C(C(C)=O)C1. The Morgan fingerprint density at radius 3 is 2.74 bits per heavy atom. The van der Waals surface area contributed by atoms with Crippen LogP contribution >= 0.6 is 0 Å². The molecule has 1 saturated heterocycles. The molecule has 0 spiro atoms. The maximum absolute atomic E-state index is 11.7. The molecule has 192 valence electrons. The second-order valence-corrected chi connectivity index (χ2v) is 9.79. The van der Waals surface area contributed by atoms with Crippen LogP contribution in [0.1, 0.15) is 49.8 Å². The van der Waals surface area contributed by atoms with E-state index in [1.165, 1.54) is 6.07 Å². The molecule has 0 bridgehead atoms. The molecule has 1 unspecified atom stereocenters. The van der Waals surface area contributed by atoms with E-state index in [4.69, 9.17) is 19.9 Å². The number of piperidine rings is 1. The number of carbonyl (C=O) groups is 1. The van der Waals surface area contributed by atoms with Crippen molar-refractivity contribution in [3.63, 3.8) is 0 Å². The Labute approximate surface area is 207 Å². The molecule has 4 N–H and O–H groups in total. The predicted octanol–water partition coefficient (Wildman–Crippen LogP) is 2.98. The van der Waals surface area contributed by atoms with E-state index in [1.54, 1.807) is 20.1 Å². The summed E-state index contributed by atoms with van der Waals surface area (Å²) in [6, 6.07) is 3.30. The van der Waals surface area contributed by atoms with Gasteiger partial charge >= 0.3 is 0 Å². The van der Waals surface area contributed by atoms with Gasteiger partial charge < -0.3 is 35.1 Å². The van der Waals surface area contributed by atoms with Crippen molar-refractivity contribution in [1.29, 1.82) is 0 Å². The van der Waals surface area contributed by atoms with Crippen LogP contribution in [-0.4, -0.2) is 72.7 Å². The summed E-state index contributed by atoms with van der Waals surface area (Å²) in [5.41, 5.74) is 8.32. The van der Waals surface area contributed by atoms with E-state index < -0.39 is 5.79 Å². The van der Waals surface area contributed by atoms with Gasteiger partial charge in [0.2, 0.25) is 0 Å². The van der Waals surface area contributed by atoms with Crippen LogP contribution in [0.15, 0.2) is 35.9 Å². The molecule has 35 heavy (non-hydrogen) atoms. The summed E-state index contributed by atoms with van der Waals surface area (Å²) >= 11 is 0. The lowest BCUT2D eigenvalue weighted by Crippen LogP contribution is -2.42. The van der Waals surface area contributed by atoms with Gasteiger partial charge in [-0.25, -0.2) is 0 Å². The van der Waals surface area contributed by atoms with Gasteiger partial charge in [0, 0.05) is 44.2 Å². The second-order valence-electron chi connectivity index (χ2n) is 9.79. The Morgan fingerprint density at radius 1 is 1.29 bits per heavy atom. The first-order valence-corrected chi connectivity index (χ1v) is 12.6. The van der Waals surface area contributed by atoms with Crippen LogP contribution in [0.5, 0.6) is 11.5 Å². The second kappa shape index (κ2) is 11.2. The lowest BCUT2D eigenvalue weighted by atomic mass is 9.83. The molecule has 8 heteroatoms. The van der Waals surface area contributed by atoms with Gasteiger partial charge in [-0.3, -0.25) is 4.79 Å². The highest BCUT2D eigenvalue weighted by atomic mass is 16.7. The summed E-state index contributed by atoms with van der Waals surface area (Å²) < 4.78 is 18.0. The molecule has 4 rings (SSSR count). The number of ketones is 1. The predicted molar refractivity (Wildman–Crippen MR) is 132 cm³/mol. The summed E-state index contributed by atoms with van der Waals surface area (Å²) in [6.07, 6.45) is 9.17. The number of ether oxygens (including phenoxy) is 3. The van der Waals surface area contributed by atoms with Gasteiger partial charge in [0.05, 0.1) is 18.8 Å². The van der Waals surface area contributed by atoms with Gasteiger partial charge in [0.1, 0.15) is 0 Å². The fourth-order valence-electron chi connectivity index (χ4n) is 5.47. The molecule has 1 aromatic carbocycles. The zero-order valence-electron chi connectivity index (χ0n) is 20.7. The van der Waals surface area contributed by atoms with Crippen molar-refractivity contribution in [2.75, 3.05) is 39.9 Å². The lowest BCUT2D eigenvalue weighted by molar-refractivity contribution is -0.189. The lowest BCUT2D eigenvalue weighted by Gasteiger charge is -2.40. The van der Waals surface area contributed by atoms with Gasteiger partial charge in [0.25, 0.3) is 0 Å². The summed E-state index contributed by atoms with van der Waals surface area (Å²) in [5.74, 6) is -0.578. The van der Waals surface area contributed by atoms with Crippen molar-refractivity contribution < 1.29 is 29.2 Å². The Kier molecular flexibility index (Phi) is 8.29. The zero-order chi connectivity index (χ0) is 25.0. The van der Waals surface area contributed by atoms with Crippen LogP contribution in [-0.2, 0) is 25.4 Å². The molecule has 8 nitrogen and oxygen atoms in total. The molecule has 0 radical (unpaired) electrons. The first-order valence-electron chi connectivity index (χ1n) is 12.6. The van der Waals surface area contributed by atoms with Crippen molar-refractivity contribution in [3.8, 4) is 11.5 Å². The number of phenols is 2. The van der Waals surface area contributed by atoms with E-state index in [2.05, 4.69) is 4.90 Å². The average molecular weight is 487 g/mol. The average Bonchev–Trinajstić information content (AvgIpc) is 2.88. The molecule has 1 aromatic rings. The van der Waals surface area contributed by atoms with Gasteiger partial charge in [-0.1, -0.05) is 18.2 Å². The molecule has 2 heterocycles. The van der Waals surface area contributed by atoms with Crippen LogP contribution in [0.25, 0.3) is 0 Å². The monoisotopic (exact) mass is 486 g/mol. The fourth-order valence-corrected chi connectivity index (χ4v) is 5.47. The minimum atomic E-state index is -0.864. The normalized spacial score (nSPS) is 27.5. The fraction of sp³-hybridized carbons (Fsp3) is 0.593. The first kappa shape index (κ1) is 25.9. The molecule has 3 atom stereocenters. The van der Waals surface area contributed by atoms with E-state index in [-0.39, 0.29) is 29.5 Å². The number of allylic oxidation sites excluding steroid dienone is 2. The number of Topliss-reactive ketones (excluding diaryl/α,β-unsaturated/α-hetero) is 1. The third-order valence-corrected chi connectivity index (χ3v) is 7.61. The van der Waals surface area contributed by atoms with Crippen molar-refractivity contribution >= 4 is 5.78 Å². The molecule has 1 aliphatic carbocycles. The number of aromatic hydroxyl groups is 2. The minimum Gasteiger partial charge on any atom is -0.504 e. The molecule has 3 aliphatic rings. The quantitative estimate of drug-likeness (QED) is 0.277. The van der Waals surface area contributed by atoms with Crippen molar-refractivity contribution in [2.45, 2.75) is 57.0 Å². The van der Waals surface area contributed by atoms with E-state index >= 15 is 0 Å². The number of benzene rings is 1. The Hall–Kier alpha value is -2.23. The summed E-state index contributed by atoms with van der Waals surface area (Å²) in [5, 5.41) is 20.4. The molecule has 1 fully saturated rings. The van der Waals surface area contributed by atoms with E-state index in [1.807, 2.05) is 18.2 Å². The van der Waals surface area contributed by atoms with Crippen molar-refractivity contribution in [1.82, 2.24) is 4.90 Å². The summed E-state index contributed by atoms with van der Waals surface area (Å²) in [4.78, 5) is 14.2. The maximum atomic E-state index is 11.7. The largest absolute Gasteiger partial charge is 0.504 e. The highest BCUT2D eigenvalue weighted by Crippen LogP contribution is 2.42. The Bertz CT molecular complexity index is 969. The summed E-state index contributed by atoms with van der Waals surface area (Å²) in [7, 11) is 1.61. The smallest absolute Gasteiger partial charge is 0.191 e. The number of fused-ring (bicyclic) bond motifs is 1. The Balaban J connectivity index is 1.24. The third kappa shape index (κ3) is 5.78.